The minimum atomic E-state index is -2.16. The number of carbonyl (C=O) groups excluding carboxylic acids is 1. The van der Waals surface area contributed by atoms with Crippen LogP contribution in [0.5, 0.6) is 0 Å². The molecule has 0 aliphatic carbocycles. The predicted octanol–water partition coefficient (Wildman–Crippen LogP) is 1.76. The molecular formula is C7H7BCl3NO2. The molecule has 0 fully saturated rings. The van der Waals surface area contributed by atoms with Crippen LogP contribution in [0.3, 0.4) is 0 Å². The van der Waals surface area contributed by atoms with E-state index in [0.29, 0.717) is 5.56 Å². The number of rotatable bonds is 2. The van der Waals surface area contributed by atoms with Gasteiger partial charge in [-0.25, -0.2) is 4.79 Å². The highest BCUT2D eigenvalue weighted by Gasteiger charge is 2.27. The second kappa shape index (κ2) is 4.38. The molecule has 0 N–H and O–H groups in total. The number of pyridine rings is 1. The molecule has 14 heavy (non-hydrogen) atoms. The normalized spacial score (nSPS) is 11.1. The fourth-order valence-corrected chi connectivity index (χ4v) is 1.28. The standard InChI is InChI=1S/C7H7BCl3NO2/c1-14-7(13)6-2-4-12(5-3-6)8(9,10)11/h2-5H,1H3. The molecule has 3 nitrogen and oxygen atoms in total. The molecule has 0 saturated heterocycles. The maximum atomic E-state index is 11.0. The number of ether oxygens (including phenoxy) is 1. The molecule has 1 heterocycles. The zero-order chi connectivity index (χ0) is 10.8. The fourth-order valence-electron chi connectivity index (χ4n) is 0.887. The van der Waals surface area contributed by atoms with E-state index in [2.05, 4.69) is 4.74 Å². The molecule has 0 atom stereocenters. The zero-order valence-electron chi connectivity index (χ0n) is 7.28. The van der Waals surface area contributed by atoms with Crippen molar-refractivity contribution in [2.45, 2.75) is 0 Å². The Morgan fingerprint density at radius 1 is 1.36 bits per heavy atom. The summed E-state index contributed by atoms with van der Waals surface area (Å²) in [6.07, 6.45) is 3.03. The lowest BCUT2D eigenvalue weighted by atomic mass is 10.2. The van der Waals surface area contributed by atoms with E-state index in [0.717, 1.165) is 0 Å². The van der Waals surface area contributed by atoms with Crippen molar-refractivity contribution in [2.24, 2.45) is 0 Å². The monoisotopic (exact) mass is 253 g/mol. The van der Waals surface area contributed by atoms with Gasteiger partial charge >= 0.3 is 10.5 Å². The van der Waals surface area contributed by atoms with Crippen molar-refractivity contribution < 1.29 is 14.0 Å². The number of esters is 1. The molecular weight excluding hydrogens is 247 g/mol. The van der Waals surface area contributed by atoms with Gasteiger partial charge in [-0.1, -0.05) is 0 Å². The summed E-state index contributed by atoms with van der Waals surface area (Å²) in [5, 5.41) is 0. The summed E-state index contributed by atoms with van der Waals surface area (Å²) in [5.41, 5.74) is 0.411. The Bertz CT molecular complexity index is 336. The third-order valence-corrected chi connectivity index (χ3v) is 2.29. The van der Waals surface area contributed by atoms with Gasteiger partial charge in [0.25, 0.3) is 0 Å². The van der Waals surface area contributed by atoms with Crippen LogP contribution >= 0.6 is 34.4 Å². The van der Waals surface area contributed by atoms with Gasteiger partial charge in [-0.3, -0.25) is 34.4 Å². The number of carbonyl (C=O) groups is 1. The Balaban J connectivity index is 2.95. The van der Waals surface area contributed by atoms with Gasteiger partial charge in [-0.15, -0.1) is 0 Å². The van der Waals surface area contributed by atoms with Crippen LogP contribution in [0.1, 0.15) is 10.4 Å². The van der Waals surface area contributed by atoms with Gasteiger partial charge in [0.2, 0.25) is 0 Å². The van der Waals surface area contributed by atoms with Crippen LogP contribution in [-0.2, 0) is 4.74 Å². The molecule has 0 spiro atoms. The summed E-state index contributed by atoms with van der Waals surface area (Å²) in [7, 11) is 1.31. The molecule has 1 aromatic rings. The highest BCUT2D eigenvalue weighted by molar-refractivity contribution is 7.61. The number of nitrogens with zero attached hydrogens (tertiary/aromatic N) is 1. The highest BCUT2D eigenvalue weighted by Crippen LogP contribution is 2.14. The van der Waals surface area contributed by atoms with Gasteiger partial charge in [-0.05, 0) is 0 Å². The first kappa shape index (κ1) is 11.6. The first-order chi connectivity index (χ1) is 6.45. The molecule has 0 saturated carbocycles. The lowest BCUT2D eigenvalue weighted by Gasteiger charge is -2.12. The molecule has 0 aliphatic heterocycles. The molecule has 0 radical (unpaired) electrons. The van der Waals surface area contributed by atoms with E-state index in [9.17, 15) is 4.79 Å². The predicted molar refractivity (Wildman–Crippen MR) is 56.7 cm³/mol. The number of hydrogen-bond acceptors (Lipinski definition) is 2. The molecule has 0 unspecified atom stereocenters. The van der Waals surface area contributed by atoms with Crippen molar-refractivity contribution in [1.82, 2.24) is 0 Å². The zero-order valence-corrected chi connectivity index (χ0v) is 9.55. The molecule has 1 rings (SSSR count). The Morgan fingerprint density at radius 3 is 2.21 bits per heavy atom. The van der Waals surface area contributed by atoms with Gasteiger partial charge in [0, 0.05) is 12.1 Å². The van der Waals surface area contributed by atoms with Crippen molar-refractivity contribution in [2.75, 3.05) is 7.11 Å². The highest BCUT2D eigenvalue weighted by atomic mass is 35.6. The van der Waals surface area contributed by atoms with E-state index in [1.54, 1.807) is 0 Å². The molecule has 7 heteroatoms. The fraction of sp³-hybridized carbons (Fsp3) is 0.143. The first-order valence-electron chi connectivity index (χ1n) is 3.74. The maximum absolute atomic E-state index is 11.0. The average Bonchev–Trinajstić information content (AvgIpc) is 2.15. The number of halogens is 3. The molecule has 76 valence electrons. The smallest absolute Gasteiger partial charge is 0.465 e. The van der Waals surface area contributed by atoms with Gasteiger partial charge in [0.15, 0.2) is 0 Å². The van der Waals surface area contributed by atoms with Crippen molar-refractivity contribution in [3.05, 3.63) is 30.1 Å². The Morgan fingerprint density at radius 2 is 1.86 bits per heavy atom. The van der Waals surface area contributed by atoms with Crippen LogP contribution in [0.15, 0.2) is 24.5 Å². The van der Waals surface area contributed by atoms with E-state index in [1.807, 2.05) is 0 Å². The number of methoxy groups -OCH3 is 1. The Labute approximate surface area is 96.2 Å². The molecule has 0 amide bonds. The quantitative estimate of drug-likeness (QED) is 0.594. The van der Waals surface area contributed by atoms with Gasteiger partial charge in [-0.2, -0.15) is 0 Å². The maximum Gasteiger partial charge on any atom is 0.533 e. The van der Waals surface area contributed by atoms with Crippen LogP contribution in [0, 0.1) is 0 Å². The van der Waals surface area contributed by atoms with E-state index in [1.165, 1.54) is 36.1 Å². The van der Waals surface area contributed by atoms with Crippen LogP contribution in [-0.4, -0.2) is 17.6 Å². The molecule has 0 bridgehead atoms. The lowest BCUT2D eigenvalue weighted by Crippen LogP contribution is -2.52. The van der Waals surface area contributed by atoms with Crippen molar-refractivity contribution >= 4 is 44.9 Å². The van der Waals surface area contributed by atoms with Crippen molar-refractivity contribution in [1.29, 1.82) is 0 Å². The molecule has 1 aromatic heterocycles. The van der Waals surface area contributed by atoms with Crippen molar-refractivity contribution in [3.63, 3.8) is 0 Å². The van der Waals surface area contributed by atoms with Gasteiger partial charge in [0.05, 0.1) is 12.7 Å². The largest absolute Gasteiger partial charge is 0.533 e. The SMILES string of the molecule is COC(=O)c1cc[n+]([B-](Cl)(Cl)Cl)cc1. The van der Waals surface area contributed by atoms with E-state index >= 15 is 0 Å². The summed E-state index contributed by atoms with van der Waals surface area (Å²) in [6.45, 7) is 0. The second-order valence-electron chi connectivity index (χ2n) is 2.57. The minimum Gasteiger partial charge on any atom is -0.465 e. The topological polar surface area (TPSA) is 30.2 Å². The summed E-state index contributed by atoms with van der Waals surface area (Å²) in [5.74, 6) is -0.422. The van der Waals surface area contributed by atoms with E-state index < -0.39 is 10.5 Å². The van der Waals surface area contributed by atoms with Gasteiger partial charge < -0.3 is 9.21 Å². The third-order valence-electron chi connectivity index (χ3n) is 1.61. The lowest BCUT2D eigenvalue weighted by molar-refractivity contribution is -0.532. The second-order valence-corrected chi connectivity index (χ2v) is 5.13. The third kappa shape index (κ3) is 2.77. The summed E-state index contributed by atoms with van der Waals surface area (Å²) >= 11 is 17.0. The van der Waals surface area contributed by atoms with Crippen LogP contribution in [0.25, 0.3) is 0 Å². The molecule has 0 aromatic carbocycles. The summed E-state index contributed by atoms with van der Waals surface area (Å²) < 4.78 is 3.75. The van der Waals surface area contributed by atoms with Crippen molar-refractivity contribution in [3.8, 4) is 0 Å². The van der Waals surface area contributed by atoms with Crippen LogP contribution in [0.4, 0.5) is 0 Å². The average molecular weight is 254 g/mol. The Kier molecular flexibility index (Phi) is 3.64. The van der Waals surface area contributed by atoms with Crippen LogP contribution < -0.4 is 4.48 Å². The van der Waals surface area contributed by atoms with E-state index in [4.69, 9.17) is 34.4 Å². The van der Waals surface area contributed by atoms with Gasteiger partial charge in [0.1, 0.15) is 12.4 Å². The molecule has 0 aliphatic rings. The number of aromatic nitrogens is 1. The van der Waals surface area contributed by atoms with E-state index in [-0.39, 0.29) is 0 Å². The number of hydrogen-bond donors (Lipinski definition) is 0. The van der Waals surface area contributed by atoms with Crippen LogP contribution in [0.2, 0.25) is 0 Å². The first-order valence-corrected chi connectivity index (χ1v) is 5.05. The Hall–Kier alpha value is -0.445. The summed E-state index contributed by atoms with van der Waals surface area (Å²) in [6, 6.07) is 3.05. The minimum absolute atomic E-state index is 0.411. The summed E-state index contributed by atoms with van der Waals surface area (Å²) in [4.78, 5) is 11.0.